The van der Waals surface area contributed by atoms with Crippen LogP contribution in [-0.4, -0.2) is 47.3 Å². The third-order valence-electron chi connectivity index (χ3n) is 6.13. The summed E-state index contributed by atoms with van der Waals surface area (Å²) in [5.41, 5.74) is 6.70. The molecular formula is C25H34N4O3. The van der Waals surface area contributed by atoms with Crippen LogP contribution in [0.5, 0.6) is 0 Å². The number of carbonyl (C=O) groups excluding carboxylic acids is 3. The average Bonchev–Trinajstić information content (AvgIpc) is 3.26. The lowest BCUT2D eigenvalue weighted by Gasteiger charge is -2.31. The van der Waals surface area contributed by atoms with E-state index in [1.165, 1.54) is 0 Å². The molecule has 2 aromatic rings. The Morgan fingerprint density at radius 3 is 2.38 bits per heavy atom. The van der Waals surface area contributed by atoms with Gasteiger partial charge in [0.2, 0.25) is 17.7 Å². The number of fused-ring (bicyclic) bond motifs is 1. The van der Waals surface area contributed by atoms with Crippen LogP contribution in [0.4, 0.5) is 0 Å². The monoisotopic (exact) mass is 438 g/mol. The van der Waals surface area contributed by atoms with Crippen LogP contribution in [0.25, 0.3) is 10.8 Å². The number of hydrogen-bond acceptors (Lipinski definition) is 4. The molecule has 1 aliphatic rings. The number of rotatable bonds is 7. The number of benzene rings is 2. The molecule has 0 aliphatic carbocycles. The lowest BCUT2D eigenvalue weighted by atomic mass is 9.99. The van der Waals surface area contributed by atoms with Crippen molar-refractivity contribution < 1.29 is 14.4 Å². The molecule has 0 aromatic heterocycles. The third kappa shape index (κ3) is 5.10. The Morgan fingerprint density at radius 1 is 1.00 bits per heavy atom. The van der Waals surface area contributed by atoms with E-state index in [9.17, 15) is 14.4 Å². The van der Waals surface area contributed by atoms with Crippen LogP contribution in [0.3, 0.4) is 0 Å². The number of amides is 3. The molecule has 1 saturated heterocycles. The van der Waals surface area contributed by atoms with Gasteiger partial charge in [-0.15, -0.1) is 0 Å². The molecule has 0 radical (unpaired) electrons. The highest BCUT2D eigenvalue weighted by atomic mass is 16.2. The summed E-state index contributed by atoms with van der Waals surface area (Å²) in [5, 5.41) is 8.07. The number of nitrogens with one attached hydrogen (secondary N) is 2. The second kappa shape index (κ2) is 10.1. The van der Waals surface area contributed by atoms with E-state index in [1.54, 1.807) is 11.8 Å². The summed E-state index contributed by atoms with van der Waals surface area (Å²) in [6.07, 6.45) is 1.35. The number of nitrogens with zero attached hydrogens (tertiary/aromatic N) is 1. The fraction of sp³-hybridized carbons (Fsp3) is 0.480. The summed E-state index contributed by atoms with van der Waals surface area (Å²) >= 11 is 0. The van der Waals surface area contributed by atoms with Gasteiger partial charge in [-0.2, -0.15) is 0 Å². The van der Waals surface area contributed by atoms with Crippen molar-refractivity contribution in [1.29, 1.82) is 0 Å². The van der Waals surface area contributed by atoms with Crippen molar-refractivity contribution in [2.45, 2.75) is 64.7 Å². The van der Waals surface area contributed by atoms with Crippen molar-refractivity contribution in [3.63, 3.8) is 0 Å². The molecular weight excluding hydrogens is 404 g/mol. The van der Waals surface area contributed by atoms with Crippen molar-refractivity contribution in [3.05, 3.63) is 48.0 Å². The number of hydrogen-bond donors (Lipinski definition) is 3. The first-order valence-electron chi connectivity index (χ1n) is 11.3. The highest BCUT2D eigenvalue weighted by Gasteiger charge is 2.39. The maximum absolute atomic E-state index is 13.3. The van der Waals surface area contributed by atoms with Gasteiger partial charge in [-0.3, -0.25) is 14.4 Å². The lowest BCUT2D eigenvalue weighted by Crippen LogP contribution is -2.57. The highest BCUT2D eigenvalue weighted by molar-refractivity contribution is 5.94. The van der Waals surface area contributed by atoms with Crippen LogP contribution < -0.4 is 16.4 Å². The normalized spacial score (nSPS) is 18.9. The summed E-state index contributed by atoms with van der Waals surface area (Å²) in [6, 6.07) is 12.0. The Bertz CT molecular complexity index is 983. The van der Waals surface area contributed by atoms with Crippen molar-refractivity contribution in [1.82, 2.24) is 15.5 Å². The van der Waals surface area contributed by atoms with Gasteiger partial charge in [-0.05, 0) is 48.9 Å². The van der Waals surface area contributed by atoms with Crippen LogP contribution in [-0.2, 0) is 14.4 Å². The first kappa shape index (κ1) is 23.7. The molecule has 0 saturated carbocycles. The molecule has 32 heavy (non-hydrogen) atoms. The van der Waals surface area contributed by atoms with E-state index in [4.69, 9.17) is 5.73 Å². The SMILES string of the molecule is CC(C)[C@H](NC(=O)[C@H](C)N)C(=O)N1CCC[C@H]1C(=O)N[C@@H](C)c1cccc2ccccc12. The van der Waals surface area contributed by atoms with Gasteiger partial charge in [0.05, 0.1) is 12.1 Å². The average molecular weight is 439 g/mol. The van der Waals surface area contributed by atoms with E-state index < -0.39 is 18.1 Å². The number of carbonyl (C=O) groups is 3. The van der Waals surface area contributed by atoms with Crippen molar-refractivity contribution >= 4 is 28.5 Å². The lowest BCUT2D eigenvalue weighted by molar-refractivity contribution is -0.142. The van der Waals surface area contributed by atoms with Gasteiger partial charge in [-0.25, -0.2) is 0 Å². The molecule has 4 atom stereocenters. The molecule has 1 fully saturated rings. The number of likely N-dealkylation sites (tertiary alicyclic amines) is 1. The zero-order valence-corrected chi connectivity index (χ0v) is 19.3. The first-order valence-corrected chi connectivity index (χ1v) is 11.3. The largest absolute Gasteiger partial charge is 0.348 e. The predicted octanol–water partition coefficient (Wildman–Crippen LogP) is 2.50. The van der Waals surface area contributed by atoms with Gasteiger partial charge in [-0.1, -0.05) is 56.3 Å². The minimum atomic E-state index is -0.711. The molecule has 4 N–H and O–H groups in total. The Kier molecular flexibility index (Phi) is 7.51. The van der Waals surface area contributed by atoms with Gasteiger partial charge in [0.15, 0.2) is 0 Å². The molecule has 0 spiro atoms. The number of nitrogens with two attached hydrogens (primary N) is 1. The quantitative estimate of drug-likeness (QED) is 0.618. The van der Waals surface area contributed by atoms with Gasteiger partial charge >= 0.3 is 0 Å². The minimum absolute atomic E-state index is 0.121. The topological polar surface area (TPSA) is 105 Å². The first-order chi connectivity index (χ1) is 15.2. The molecule has 2 aromatic carbocycles. The predicted molar refractivity (Wildman–Crippen MR) is 126 cm³/mol. The summed E-state index contributed by atoms with van der Waals surface area (Å²) in [4.78, 5) is 40.2. The maximum atomic E-state index is 13.3. The van der Waals surface area contributed by atoms with Crippen LogP contribution >= 0.6 is 0 Å². The second-order valence-corrected chi connectivity index (χ2v) is 9.01. The van der Waals surface area contributed by atoms with Gasteiger partial charge in [0.25, 0.3) is 0 Å². The van der Waals surface area contributed by atoms with Crippen molar-refractivity contribution in [3.8, 4) is 0 Å². The van der Waals surface area contributed by atoms with E-state index in [0.29, 0.717) is 13.0 Å². The highest BCUT2D eigenvalue weighted by Crippen LogP contribution is 2.26. The van der Waals surface area contributed by atoms with Crippen LogP contribution in [0, 0.1) is 5.92 Å². The summed E-state index contributed by atoms with van der Waals surface area (Å²) in [6.45, 7) is 7.78. The maximum Gasteiger partial charge on any atom is 0.246 e. The molecule has 0 unspecified atom stereocenters. The van der Waals surface area contributed by atoms with Gasteiger partial charge in [0, 0.05) is 6.54 Å². The van der Waals surface area contributed by atoms with Gasteiger partial charge < -0.3 is 21.3 Å². The minimum Gasteiger partial charge on any atom is -0.348 e. The van der Waals surface area contributed by atoms with Crippen molar-refractivity contribution in [2.75, 3.05) is 6.54 Å². The van der Waals surface area contributed by atoms with Crippen LogP contribution in [0.1, 0.15) is 52.1 Å². The summed E-state index contributed by atoms with van der Waals surface area (Å²) < 4.78 is 0. The summed E-state index contributed by atoms with van der Waals surface area (Å²) in [7, 11) is 0. The molecule has 1 aliphatic heterocycles. The molecule has 3 rings (SSSR count). The zero-order chi connectivity index (χ0) is 23.4. The van der Waals surface area contributed by atoms with E-state index in [1.807, 2.05) is 63.2 Å². The zero-order valence-electron chi connectivity index (χ0n) is 19.3. The Balaban J connectivity index is 1.74. The smallest absolute Gasteiger partial charge is 0.246 e. The van der Waals surface area contributed by atoms with Crippen LogP contribution in [0.2, 0.25) is 0 Å². The molecule has 1 heterocycles. The fourth-order valence-electron chi connectivity index (χ4n) is 4.30. The van der Waals surface area contributed by atoms with E-state index >= 15 is 0 Å². The molecule has 0 bridgehead atoms. The fourth-order valence-corrected chi connectivity index (χ4v) is 4.30. The standard InChI is InChI=1S/C25H34N4O3/c1-15(2)22(28-23(30)16(3)26)25(32)29-14-8-13-21(29)24(31)27-17(4)19-12-7-10-18-9-5-6-11-20(18)19/h5-7,9-12,15-17,21-22H,8,13-14,26H2,1-4H3,(H,27,31)(H,28,30)/t16-,17-,21-,22-/m0/s1. The molecule has 3 amide bonds. The van der Waals surface area contributed by atoms with E-state index in [-0.39, 0.29) is 29.7 Å². The Hall–Kier alpha value is -2.93. The molecule has 7 nitrogen and oxygen atoms in total. The van der Waals surface area contributed by atoms with E-state index in [2.05, 4.69) is 10.6 Å². The van der Waals surface area contributed by atoms with Gasteiger partial charge in [0.1, 0.15) is 12.1 Å². The third-order valence-corrected chi connectivity index (χ3v) is 6.13. The van der Waals surface area contributed by atoms with Crippen LogP contribution in [0.15, 0.2) is 42.5 Å². The van der Waals surface area contributed by atoms with E-state index in [0.717, 1.165) is 22.8 Å². The van der Waals surface area contributed by atoms with Crippen molar-refractivity contribution in [2.24, 2.45) is 11.7 Å². The Morgan fingerprint density at radius 2 is 1.69 bits per heavy atom. The molecule has 7 heteroatoms. The Labute approximate surface area is 189 Å². The summed E-state index contributed by atoms with van der Waals surface area (Å²) in [5.74, 6) is -0.896. The molecule has 172 valence electrons. The second-order valence-electron chi connectivity index (χ2n) is 9.01.